The molecular weight excluding hydrogens is 282 g/mol. The Morgan fingerprint density at radius 1 is 1.33 bits per heavy atom. The minimum absolute atomic E-state index is 0.442. The van der Waals surface area contributed by atoms with E-state index in [0.29, 0.717) is 0 Å². The zero-order chi connectivity index (χ0) is 14.8. The van der Waals surface area contributed by atoms with Crippen molar-refractivity contribution in [3.8, 4) is 0 Å². The highest BCUT2D eigenvalue weighted by Crippen LogP contribution is 2.25. The van der Waals surface area contributed by atoms with Crippen molar-refractivity contribution >= 4 is 17.3 Å². The van der Waals surface area contributed by atoms with Crippen molar-refractivity contribution < 1.29 is 9.90 Å². The molecule has 3 rings (SSSR count). The van der Waals surface area contributed by atoms with E-state index in [0.717, 1.165) is 31.6 Å². The average molecular weight is 301 g/mol. The summed E-state index contributed by atoms with van der Waals surface area (Å²) < 4.78 is 0. The summed E-state index contributed by atoms with van der Waals surface area (Å²) in [4.78, 5) is 15.0. The minimum atomic E-state index is -0.774. The first kappa shape index (κ1) is 14.3. The van der Waals surface area contributed by atoms with Gasteiger partial charge in [-0.25, -0.2) is 0 Å². The smallest absolute Gasteiger partial charge is 0.310 e. The number of carbonyl (C=O) groups is 1. The summed E-state index contributed by atoms with van der Waals surface area (Å²) in [5, 5.41) is 11.2. The fourth-order valence-electron chi connectivity index (χ4n) is 2.75. The molecule has 4 heteroatoms. The molecule has 0 fully saturated rings. The highest BCUT2D eigenvalue weighted by atomic mass is 32.1. The number of benzene rings is 1. The van der Waals surface area contributed by atoms with E-state index in [4.69, 9.17) is 5.11 Å². The van der Waals surface area contributed by atoms with Crippen LogP contribution < -0.4 is 0 Å². The van der Waals surface area contributed by atoms with Crippen LogP contribution in [0.15, 0.2) is 35.7 Å². The van der Waals surface area contributed by atoms with Gasteiger partial charge >= 0.3 is 5.97 Å². The van der Waals surface area contributed by atoms with E-state index in [1.807, 2.05) is 23.5 Å². The second-order valence-electron chi connectivity index (χ2n) is 5.63. The Morgan fingerprint density at radius 2 is 2.10 bits per heavy atom. The summed E-state index contributed by atoms with van der Waals surface area (Å²) in [5.74, 6) is -1.22. The molecule has 1 aliphatic rings. The van der Waals surface area contributed by atoms with Crippen LogP contribution in [-0.2, 0) is 24.3 Å². The van der Waals surface area contributed by atoms with E-state index in [1.54, 1.807) is 6.92 Å². The fourth-order valence-corrected chi connectivity index (χ4v) is 3.64. The van der Waals surface area contributed by atoms with E-state index in [-0.39, 0.29) is 0 Å². The predicted molar refractivity (Wildman–Crippen MR) is 84.6 cm³/mol. The molecule has 110 valence electrons. The van der Waals surface area contributed by atoms with Gasteiger partial charge in [0.15, 0.2) is 0 Å². The highest BCUT2D eigenvalue weighted by molar-refractivity contribution is 7.10. The second kappa shape index (κ2) is 6.00. The molecule has 0 bridgehead atoms. The van der Waals surface area contributed by atoms with Gasteiger partial charge in [0.2, 0.25) is 0 Å². The monoisotopic (exact) mass is 301 g/mol. The van der Waals surface area contributed by atoms with Crippen LogP contribution in [0.3, 0.4) is 0 Å². The Labute approximate surface area is 128 Å². The quantitative estimate of drug-likeness (QED) is 0.939. The summed E-state index contributed by atoms with van der Waals surface area (Å²) in [6.07, 6.45) is 1.14. The van der Waals surface area contributed by atoms with E-state index in [1.165, 1.54) is 16.0 Å². The number of hydrogen-bond acceptors (Lipinski definition) is 3. The van der Waals surface area contributed by atoms with Gasteiger partial charge in [0.1, 0.15) is 0 Å². The Kier molecular flexibility index (Phi) is 4.08. The van der Waals surface area contributed by atoms with Gasteiger partial charge in [-0.3, -0.25) is 9.69 Å². The molecular formula is C17H19NO2S. The summed E-state index contributed by atoms with van der Waals surface area (Å²) >= 11 is 1.86. The maximum absolute atomic E-state index is 11.0. The Bertz CT molecular complexity index is 632. The standard InChI is InChI=1S/C17H19NO2S/c1-12(17(19)20)14-4-2-13(3-5-14)10-18-8-6-16-15(11-18)7-9-21-16/h2-5,7,9,12H,6,8,10-11H2,1H3,(H,19,20). The summed E-state index contributed by atoms with van der Waals surface area (Å²) in [7, 11) is 0. The molecule has 2 heterocycles. The molecule has 1 aliphatic heterocycles. The van der Waals surface area contributed by atoms with Crippen molar-refractivity contribution in [2.45, 2.75) is 32.4 Å². The number of carboxylic acid groups (broad SMARTS) is 1. The van der Waals surface area contributed by atoms with Crippen LogP contribution in [0.1, 0.15) is 34.4 Å². The number of rotatable bonds is 4. The third-order valence-corrected chi connectivity index (χ3v) is 5.17. The molecule has 0 spiro atoms. The lowest BCUT2D eigenvalue weighted by Gasteiger charge is -2.26. The van der Waals surface area contributed by atoms with Crippen molar-refractivity contribution in [1.29, 1.82) is 0 Å². The van der Waals surface area contributed by atoms with Crippen molar-refractivity contribution in [2.24, 2.45) is 0 Å². The molecule has 1 aromatic heterocycles. The molecule has 0 saturated heterocycles. The maximum Gasteiger partial charge on any atom is 0.310 e. The lowest BCUT2D eigenvalue weighted by atomic mass is 10.00. The van der Waals surface area contributed by atoms with Gasteiger partial charge in [0, 0.05) is 24.5 Å². The molecule has 21 heavy (non-hydrogen) atoms. The van der Waals surface area contributed by atoms with Crippen molar-refractivity contribution in [3.05, 3.63) is 57.3 Å². The molecule has 1 atom stereocenters. The Balaban J connectivity index is 1.65. The molecule has 3 nitrogen and oxygen atoms in total. The first-order chi connectivity index (χ1) is 10.1. The molecule has 0 aliphatic carbocycles. The van der Waals surface area contributed by atoms with Gasteiger partial charge in [0.05, 0.1) is 5.92 Å². The van der Waals surface area contributed by atoms with Crippen LogP contribution in [0.5, 0.6) is 0 Å². The van der Waals surface area contributed by atoms with E-state index >= 15 is 0 Å². The average Bonchev–Trinajstić information content (AvgIpc) is 2.95. The zero-order valence-electron chi connectivity index (χ0n) is 12.1. The van der Waals surface area contributed by atoms with Crippen molar-refractivity contribution in [1.82, 2.24) is 4.90 Å². The van der Waals surface area contributed by atoms with Crippen LogP contribution in [0.4, 0.5) is 0 Å². The van der Waals surface area contributed by atoms with Crippen LogP contribution >= 0.6 is 11.3 Å². The molecule has 1 unspecified atom stereocenters. The van der Waals surface area contributed by atoms with Gasteiger partial charge in [-0.2, -0.15) is 0 Å². The third kappa shape index (κ3) is 3.17. The second-order valence-corrected chi connectivity index (χ2v) is 6.63. The van der Waals surface area contributed by atoms with Gasteiger partial charge in [-0.15, -0.1) is 11.3 Å². The summed E-state index contributed by atoms with van der Waals surface area (Å²) in [6, 6.07) is 10.2. The normalized spacial score (nSPS) is 16.4. The van der Waals surface area contributed by atoms with Crippen LogP contribution in [0, 0.1) is 0 Å². The lowest BCUT2D eigenvalue weighted by molar-refractivity contribution is -0.138. The van der Waals surface area contributed by atoms with E-state index < -0.39 is 11.9 Å². The van der Waals surface area contributed by atoms with Crippen LogP contribution in [0.25, 0.3) is 0 Å². The topological polar surface area (TPSA) is 40.5 Å². The molecule has 2 aromatic rings. The Morgan fingerprint density at radius 3 is 2.81 bits per heavy atom. The zero-order valence-corrected chi connectivity index (χ0v) is 12.9. The van der Waals surface area contributed by atoms with Crippen LogP contribution in [-0.4, -0.2) is 22.5 Å². The van der Waals surface area contributed by atoms with Gasteiger partial charge < -0.3 is 5.11 Å². The minimum Gasteiger partial charge on any atom is -0.481 e. The predicted octanol–water partition coefficient (Wildman–Crippen LogP) is 3.49. The SMILES string of the molecule is CC(C(=O)O)c1ccc(CN2CCc3sccc3C2)cc1. The molecule has 1 N–H and O–H groups in total. The van der Waals surface area contributed by atoms with Gasteiger partial charge in [-0.05, 0) is 41.5 Å². The van der Waals surface area contributed by atoms with Crippen molar-refractivity contribution in [3.63, 3.8) is 0 Å². The number of carboxylic acids is 1. The highest BCUT2D eigenvalue weighted by Gasteiger charge is 2.17. The number of nitrogens with zero attached hydrogens (tertiary/aromatic N) is 1. The first-order valence-electron chi connectivity index (χ1n) is 7.22. The first-order valence-corrected chi connectivity index (χ1v) is 8.10. The largest absolute Gasteiger partial charge is 0.481 e. The van der Waals surface area contributed by atoms with Gasteiger partial charge in [-0.1, -0.05) is 24.3 Å². The van der Waals surface area contributed by atoms with E-state index in [9.17, 15) is 4.79 Å². The lowest BCUT2D eigenvalue weighted by Crippen LogP contribution is -2.29. The van der Waals surface area contributed by atoms with Crippen LogP contribution in [0.2, 0.25) is 0 Å². The van der Waals surface area contributed by atoms with Gasteiger partial charge in [0.25, 0.3) is 0 Å². The maximum atomic E-state index is 11.0. The number of fused-ring (bicyclic) bond motifs is 1. The number of aliphatic carboxylic acids is 1. The molecule has 0 amide bonds. The number of hydrogen-bond donors (Lipinski definition) is 1. The summed E-state index contributed by atoms with van der Waals surface area (Å²) in [6.45, 7) is 4.77. The Hall–Kier alpha value is -1.65. The molecule has 1 aromatic carbocycles. The number of thiophene rings is 1. The molecule has 0 saturated carbocycles. The van der Waals surface area contributed by atoms with E-state index in [2.05, 4.69) is 28.5 Å². The molecule has 0 radical (unpaired) electrons. The summed E-state index contributed by atoms with van der Waals surface area (Å²) in [5.41, 5.74) is 3.57. The third-order valence-electron chi connectivity index (χ3n) is 4.14. The fraction of sp³-hybridized carbons (Fsp3) is 0.353. The van der Waals surface area contributed by atoms with Crippen molar-refractivity contribution in [2.75, 3.05) is 6.54 Å².